The summed E-state index contributed by atoms with van der Waals surface area (Å²) >= 11 is 1.77. The number of thioether (sulfide) groups is 1. The summed E-state index contributed by atoms with van der Waals surface area (Å²) in [6.45, 7) is 13.0. The third-order valence-corrected chi connectivity index (χ3v) is 9.39. The first-order valence-electron chi connectivity index (χ1n) is 15.8. The molecule has 0 atom stereocenters. The van der Waals surface area contributed by atoms with Crippen molar-refractivity contribution in [3.63, 3.8) is 0 Å². The van der Waals surface area contributed by atoms with E-state index in [-0.39, 0.29) is 4.75 Å². The van der Waals surface area contributed by atoms with E-state index in [0.717, 1.165) is 66.4 Å². The summed E-state index contributed by atoms with van der Waals surface area (Å²) in [5.41, 5.74) is 6.69. The number of fused-ring (bicyclic) bond motifs is 2. The van der Waals surface area contributed by atoms with E-state index in [9.17, 15) is 9.90 Å². The highest BCUT2D eigenvalue weighted by molar-refractivity contribution is 8.00. The van der Waals surface area contributed by atoms with Crippen LogP contribution in [0.5, 0.6) is 5.75 Å². The Labute approximate surface area is 280 Å². The monoisotopic (exact) mass is 644 g/mol. The van der Waals surface area contributed by atoms with Gasteiger partial charge in [-0.05, 0) is 68.8 Å². The first-order chi connectivity index (χ1) is 22.4. The van der Waals surface area contributed by atoms with Crippen LogP contribution in [-0.2, 0) is 24.4 Å². The minimum absolute atomic E-state index is 0.107. The quantitative estimate of drug-likeness (QED) is 0.149. The Morgan fingerprint density at radius 2 is 1.66 bits per heavy atom. The Morgan fingerprint density at radius 3 is 2.36 bits per heavy atom. The van der Waals surface area contributed by atoms with E-state index in [0.29, 0.717) is 19.6 Å². The van der Waals surface area contributed by atoms with Gasteiger partial charge in [0.15, 0.2) is 0 Å². The molecule has 0 aliphatic carbocycles. The maximum absolute atomic E-state index is 12.4. The molecule has 0 spiro atoms. The second-order valence-electron chi connectivity index (χ2n) is 13.7. The van der Waals surface area contributed by atoms with Gasteiger partial charge in [-0.1, -0.05) is 69.3 Å². The molecule has 0 aliphatic heterocycles. The number of rotatable bonds is 10. The number of carboxylic acids is 1. The van der Waals surface area contributed by atoms with Crippen LogP contribution >= 0.6 is 11.8 Å². The molecule has 47 heavy (non-hydrogen) atoms. The molecule has 3 heterocycles. The van der Waals surface area contributed by atoms with Crippen LogP contribution in [-0.4, -0.2) is 35.6 Å². The first-order valence-corrected chi connectivity index (χ1v) is 16.6. The molecule has 8 heteroatoms. The second kappa shape index (κ2) is 12.8. The van der Waals surface area contributed by atoms with Crippen LogP contribution in [0.4, 0.5) is 0 Å². The Bertz CT molecular complexity index is 2060. The first kappa shape index (κ1) is 32.3. The van der Waals surface area contributed by atoms with Crippen LogP contribution in [0.1, 0.15) is 57.3 Å². The lowest BCUT2D eigenvalue weighted by molar-refractivity contribution is -0.146. The zero-order chi connectivity index (χ0) is 33.3. The third-order valence-electron chi connectivity index (χ3n) is 8.12. The Balaban J connectivity index is 1.40. The van der Waals surface area contributed by atoms with Crippen molar-refractivity contribution in [2.75, 3.05) is 0 Å². The van der Waals surface area contributed by atoms with E-state index < -0.39 is 11.4 Å². The average Bonchev–Trinajstić information content (AvgIpc) is 3.29. The molecule has 0 saturated carbocycles. The number of nitrogens with zero attached hydrogens (tertiary/aromatic N) is 4. The molecule has 1 N–H and O–H groups in total. The predicted octanol–water partition coefficient (Wildman–Crippen LogP) is 9.13. The lowest BCUT2D eigenvalue weighted by atomic mass is 9.88. The highest BCUT2D eigenvalue weighted by Crippen LogP contribution is 2.44. The van der Waals surface area contributed by atoms with Gasteiger partial charge in [0.05, 0.1) is 28.0 Å². The molecule has 240 valence electrons. The SMILES string of the molecule is Cc1ccc(-c2ccc(Cn3c(CC(C)(C)C(=O)O)c(SC(C)(C)C)c4cc(OCc5ccc6ccccc6n5)ccc43)cc2)nn1. The summed E-state index contributed by atoms with van der Waals surface area (Å²) in [5, 5.41) is 20.9. The van der Waals surface area contributed by atoms with Gasteiger partial charge in [-0.3, -0.25) is 4.79 Å². The van der Waals surface area contributed by atoms with Crippen LogP contribution in [0.15, 0.2) is 95.9 Å². The second-order valence-corrected chi connectivity index (χ2v) is 15.5. The van der Waals surface area contributed by atoms with Gasteiger partial charge in [-0.2, -0.15) is 10.2 Å². The van der Waals surface area contributed by atoms with Crippen LogP contribution in [0.3, 0.4) is 0 Å². The number of ether oxygens (including phenoxy) is 1. The van der Waals surface area contributed by atoms with Crippen molar-refractivity contribution in [1.29, 1.82) is 0 Å². The fourth-order valence-corrected chi connectivity index (χ4v) is 6.76. The topological polar surface area (TPSA) is 90.1 Å². The average molecular weight is 645 g/mol. The molecular formula is C39H40N4O3S. The third kappa shape index (κ3) is 7.33. The van der Waals surface area contributed by atoms with Gasteiger partial charge in [-0.15, -0.1) is 11.8 Å². The smallest absolute Gasteiger partial charge is 0.309 e. The standard InChI is InChI=1S/C39H40N4O3S/c1-25-11-19-33(42-41-25)28-14-12-26(13-15-28)23-43-34-20-18-30(46-24-29-17-16-27-9-7-8-10-32(27)40-29)21-31(34)36(47-38(2,3)4)35(43)22-39(5,6)37(44)45/h7-21H,22-24H2,1-6H3,(H,44,45). The number of aromatic nitrogens is 4. The highest BCUT2D eigenvalue weighted by Gasteiger charge is 2.33. The summed E-state index contributed by atoms with van der Waals surface area (Å²) < 4.78 is 8.49. The van der Waals surface area contributed by atoms with Crippen LogP contribution in [0, 0.1) is 12.3 Å². The maximum atomic E-state index is 12.4. The van der Waals surface area contributed by atoms with Crippen molar-refractivity contribution in [3.05, 3.63) is 114 Å². The Kier molecular flexibility index (Phi) is 8.81. The number of aliphatic carboxylic acids is 1. The summed E-state index contributed by atoms with van der Waals surface area (Å²) in [6, 6.07) is 30.6. The summed E-state index contributed by atoms with van der Waals surface area (Å²) in [5.74, 6) is -0.0792. The fourth-order valence-electron chi connectivity index (χ4n) is 5.58. The van der Waals surface area contributed by atoms with Gasteiger partial charge in [0.2, 0.25) is 0 Å². The van der Waals surface area contributed by atoms with Crippen molar-refractivity contribution >= 4 is 39.5 Å². The zero-order valence-corrected chi connectivity index (χ0v) is 28.6. The minimum atomic E-state index is -0.964. The molecule has 0 amide bonds. The Hall–Kier alpha value is -4.69. The number of hydrogen-bond donors (Lipinski definition) is 1. The van der Waals surface area contributed by atoms with Gasteiger partial charge in [0.25, 0.3) is 0 Å². The van der Waals surface area contributed by atoms with E-state index in [4.69, 9.17) is 9.72 Å². The largest absolute Gasteiger partial charge is 0.487 e. The molecule has 6 aromatic rings. The molecule has 0 unspecified atom stereocenters. The number of para-hydroxylation sites is 1. The molecule has 3 aromatic heterocycles. The van der Waals surface area contributed by atoms with E-state index >= 15 is 0 Å². The fraction of sp³-hybridized carbons (Fsp3) is 0.282. The van der Waals surface area contributed by atoms with Gasteiger partial charge in [0.1, 0.15) is 12.4 Å². The van der Waals surface area contributed by atoms with E-state index in [1.54, 1.807) is 25.6 Å². The Morgan fingerprint density at radius 1 is 0.894 bits per heavy atom. The van der Waals surface area contributed by atoms with E-state index in [1.807, 2.05) is 49.4 Å². The molecule has 0 aliphatic rings. The lowest BCUT2D eigenvalue weighted by Gasteiger charge is -2.24. The van der Waals surface area contributed by atoms with Crippen LogP contribution in [0.2, 0.25) is 0 Å². The highest BCUT2D eigenvalue weighted by atomic mass is 32.2. The molecule has 7 nitrogen and oxygen atoms in total. The number of hydrogen-bond acceptors (Lipinski definition) is 6. The molecule has 6 rings (SSSR count). The number of carboxylic acid groups (broad SMARTS) is 1. The number of aryl methyl sites for hydroxylation is 1. The molecule has 0 fully saturated rings. The molecule has 0 saturated heterocycles. The van der Waals surface area contributed by atoms with Gasteiger partial charge < -0.3 is 14.4 Å². The van der Waals surface area contributed by atoms with Crippen molar-refractivity contribution in [1.82, 2.24) is 19.7 Å². The summed E-state index contributed by atoms with van der Waals surface area (Å²) in [7, 11) is 0. The minimum Gasteiger partial charge on any atom is -0.487 e. The van der Waals surface area contributed by atoms with Crippen molar-refractivity contribution in [2.45, 2.75) is 70.8 Å². The van der Waals surface area contributed by atoms with Crippen molar-refractivity contribution < 1.29 is 14.6 Å². The zero-order valence-electron chi connectivity index (χ0n) is 27.7. The number of benzene rings is 3. The normalized spacial score (nSPS) is 12.1. The number of carbonyl (C=O) groups is 1. The molecule has 0 radical (unpaired) electrons. The maximum Gasteiger partial charge on any atom is 0.309 e. The lowest BCUT2D eigenvalue weighted by Crippen LogP contribution is -2.28. The van der Waals surface area contributed by atoms with Crippen molar-refractivity contribution in [2.24, 2.45) is 5.41 Å². The van der Waals surface area contributed by atoms with Crippen LogP contribution in [0.25, 0.3) is 33.1 Å². The van der Waals surface area contributed by atoms with Gasteiger partial charge >= 0.3 is 5.97 Å². The predicted molar refractivity (Wildman–Crippen MR) is 190 cm³/mol. The molecule has 0 bridgehead atoms. The summed E-state index contributed by atoms with van der Waals surface area (Å²) in [6.07, 6.45) is 0.379. The van der Waals surface area contributed by atoms with Crippen molar-refractivity contribution in [3.8, 4) is 17.0 Å². The molecular weight excluding hydrogens is 605 g/mol. The van der Waals surface area contributed by atoms with E-state index in [1.165, 1.54) is 0 Å². The van der Waals surface area contributed by atoms with Crippen LogP contribution < -0.4 is 4.74 Å². The van der Waals surface area contributed by atoms with Gasteiger partial charge in [-0.25, -0.2) is 4.98 Å². The van der Waals surface area contributed by atoms with E-state index in [2.05, 4.69) is 84.1 Å². The summed E-state index contributed by atoms with van der Waals surface area (Å²) in [4.78, 5) is 18.3. The van der Waals surface area contributed by atoms with Gasteiger partial charge in [0, 0.05) is 50.2 Å². The number of pyridine rings is 1. The molecule has 3 aromatic carbocycles.